The van der Waals surface area contributed by atoms with E-state index in [0.29, 0.717) is 25.6 Å². The molecule has 1 aliphatic heterocycles. The number of rotatable bonds is 4. The quantitative estimate of drug-likeness (QED) is 0.584. The molecule has 0 bridgehead atoms. The van der Waals surface area contributed by atoms with E-state index in [1.807, 2.05) is 36.3 Å². The highest BCUT2D eigenvalue weighted by molar-refractivity contribution is 9.10. The SMILES string of the molecule is CN=C(NCc1cc(Br)ccc1OC)N1CCN(c2cnn(C)c2)C(=O)C1. The summed E-state index contributed by atoms with van der Waals surface area (Å²) in [6, 6.07) is 5.86. The van der Waals surface area contributed by atoms with Gasteiger partial charge in [0.05, 0.1) is 19.0 Å². The standard InChI is InChI=1S/C18H23BrN6O2/c1-20-18(21-9-13-8-14(19)4-5-16(13)27-3)24-6-7-25(17(26)12-24)15-10-22-23(2)11-15/h4-5,8,10-11H,6-7,9,12H2,1-3H3,(H,20,21). The average Bonchev–Trinajstić information content (AvgIpc) is 3.08. The van der Waals surface area contributed by atoms with E-state index < -0.39 is 0 Å². The molecule has 2 aromatic rings. The topological polar surface area (TPSA) is 75.0 Å². The van der Waals surface area contributed by atoms with Gasteiger partial charge < -0.3 is 19.9 Å². The molecule has 0 spiro atoms. The van der Waals surface area contributed by atoms with Gasteiger partial charge in [-0.05, 0) is 18.2 Å². The molecule has 1 aliphatic rings. The molecule has 9 heteroatoms. The number of guanidine groups is 1. The summed E-state index contributed by atoms with van der Waals surface area (Å²) in [5, 5.41) is 7.46. The van der Waals surface area contributed by atoms with Crippen LogP contribution in [0.15, 0.2) is 40.1 Å². The lowest BCUT2D eigenvalue weighted by molar-refractivity contribution is -0.120. The Kier molecular flexibility index (Phi) is 6.00. The van der Waals surface area contributed by atoms with Crippen molar-refractivity contribution < 1.29 is 9.53 Å². The first kappa shape index (κ1) is 19.2. The molecule has 1 fully saturated rings. The third-order valence-electron chi connectivity index (χ3n) is 4.41. The van der Waals surface area contributed by atoms with Crippen molar-refractivity contribution in [3.05, 3.63) is 40.6 Å². The zero-order chi connectivity index (χ0) is 19.4. The summed E-state index contributed by atoms with van der Waals surface area (Å²) in [6.07, 6.45) is 3.56. The van der Waals surface area contributed by atoms with Crippen LogP contribution in [0.5, 0.6) is 5.75 Å². The highest BCUT2D eigenvalue weighted by atomic mass is 79.9. The summed E-state index contributed by atoms with van der Waals surface area (Å²) in [7, 11) is 5.21. The highest BCUT2D eigenvalue weighted by Gasteiger charge is 2.27. The number of aromatic nitrogens is 2. The third kappa shape index (κ3) is 4.41. The predicted molar refractivity (Wildman–Crippen MR) is 108 cm³/mol. The number of benzene rings is 1. The fourth-order valence-corrected chi connectivity index (χ4v) is 3.48. The Hall–Kier alpha value is -2.55. The van der Waals surface area contributed by atoms with Crippen LogP contribution in [0.25, 0.3) is 0 Å². The van der Waals surface area contributed by atoms with Crippen LogP contribution in [0.1, 0.15) is 5.56 Å². The van der Waals surface area contributed by atoms with Gasteiger partial charge in [0.1, 0.15) is 12.3 Å². The average molecular weight is 435 g/mol. The van der Waals surface area contributed by atoms with Gasteiger partial charge in [0.25, 0.3) is 0 Å². The van der Waals surface area contributed by atoms with Crippen molar-refractivity contribution >= 4 is 33.5 Å². The van der Waals surface area contributed by atoms with Crippen LogP contribution in [-0.2, 0) is 18.4 Å². The number of nitrogens with zero attached hydrogens (tertiary/aromatic N) is 5. The number of halogens is 1. The van der Waals surface area contributed by atoms with E-state index in [1.54, 1.807) is 29.9 Å². The summed E-state index contributed by atoms with van der Waals surface area (Å²) in [5.41, 5.74) is 1.83. The minimum Gasteiger partial charge on any atom is -0.496 e. The molecular formula is C18H23BrN6O2. The zero-order valence-electron chi connectivity index (χ0n) is 15.6. The van der Waals surface area contributed by atoms with Crippen molar-refractivity contribution in [2.75, 3.05) is 38.7 Å². The van der Waals surface area contributed by atoms with E-state index >= 15 is 0 Å². The van der Waals surface area contributed by atoms with Gasteiger partial charge >= 0.3 is 0 Å². The number of carbonyl (C=O) groups excluding carboxylic acids is 1. The molecule has 1 saturated heterocycles. The van der Waals surface area contributed by atoms with Crippen LogP contribution in [0.2, 0.25) is 0 Å². The van der Waals surface area contributed by atoms with E-state index in [-0.39, 0.29) is 12.5 Å². The van der Waals surface area contributed by atoms with Crippen LogP contribution >= 0.6 is 15.9 Å². The number of carbonyl (C=O) groups is 1. The van der Waals surface area contributed by atoms with E-state index in [4.69, 9.17) is 4.74 Å². The van der Waals surface area contributed by atoms with Crippen LogP contribution in [-0.4, -0.2) is 60.3 Å². The zero-order valence-corrected chi connectivity index (χ0v) is 17.2. The Morgan fingerprint density at radius 2 is 2.22 bits per heavy atom. The first-order chi connectivity index (χ1) is 13.0. The van der Waals surface area contributed by atoms with Crippen LogP contribution in [0, 0.1) is 0 Å². The highest BCUT2D eigenvalue weighted by Crippen LogP contribution is 2.23. The molecule has 0 radical (unpaired) electrons. The number of anilines is 1. The Balaban J connectivity index is 1.64. The van der Waals surface area contributed by atoms with Gasteiger partial charge in [0, 0.05) is 50.0 Å². The monoisotopic (exact) mass is 434 g/mol. The van der Waals surface area contributed by atoms with Gasteiger partial charge in [-0.2, -0.15) is 5.10 Å². The number of aryl methyl sites for hydroxylation is 1. The molecule has 8 nitrogen and oxygen atoms in total. The largest absolute Gasteiger partial charge is 0.496 e. The van der Waals surface area contributed by atoms with Gasteiger partial charge in [-0.1, -0.05) is 15.9 Å². The lowest BCUT2D eigenvalue weighted by Crippen LogP contribution is -2.55. The Labute approximate surface area is 166 Å². The van der Waals surface area contributed by atoms with Gasteiger partial charge in [-0.3, -0.25) is 14.5 Å². The second-order valence-corrected chi connectivity index (χ2v) is 7.11. The summed E-state index contributed by atoms with van der Waals surface area (Å²) < 4.78 is 8.09. The molecule has 144 valence electrons. The smallest absolute Gasteiger partial charge is 0.246 e. The molecular weight excluding hydrogens is 412 g/mol. The molecule has 27 heavy (non-hydrogen) atoms. The van der Waals surface area contributed by atoms with Gasteiger partial charge in [0.2, 0.25) is 5.91 Å². The number of hydrogen-bond donors (Lipinski definition) is 1. The molecule has 1 N–H and O–H groups in total. The molecule has 0 unspecified atom stereocenters. The molecule has 2 heterocycles. The molecule has 1 amide bonds. The Morgan fingerprint density at radius 3 is 2.85 bits per heavy atom. The van der Waals surface area contributed by atoms with Crippen molar-refractivity contribution in [1.82, 2.24) is 20.0 Å². The summed E-state index contributed by atoms with van der Waals surface area (Å²) in [5.74, 6) is 1.52. The van der Waals surface area contributed by atoms with Crippen molar-refractivity contribution in [3.63, 3.8) is 0 Å². The first-order valence-electron chi connectivity index (χ1n) is 8.59. The number of ether oxygens (including phenoxy) is 1. The number of piperazine rings is 1. The maximum Gasteiger partial charge on any atom is 0.246 e. The van der Waals surface area contributed by atoms with Crippen molar-refractivity contribution in [2.45, 2.75) is 6.54 Å². The number of aliphatic imine (C=N–C) groups is 1. The summed E-state index contributed by atoms with van der Waals surface area (Å²) in [6.45, 7) is 2.10. The van der Waals surface area contributed by atoms with Crippen LogP contribution < -0.4 is 15.0 Å². The minimum absolute atomic E-state index is 0.0252. The summed E-state index contributed by atoms with van der Waals surface area (Å²) >= 11 is 3.48. The maximum absolute atomic E-state index is 12.6. The predicted octanol–water partition coefficient (Wildman–Crippen LogP) is 1.62. The third-order valence-corrected chi connectivity index (χ3v) is 4.91. The molecule has 0 aliphatic carbocycles. The fraction of sp³-hybridized carbons (Fsp3) is 0.389. The Bertz CT molecular complexity index is 850. The van der Waals surface area contributed by atoms with E-state index in [0.717, 1.165) is 21.5 Å². The fourth-order valence-electron chi connectivity index (χ4n) is 3.07. The second-order valence-electron chi connectivity index (χ2n) is 6.20. The molecule has 3 rings (SSSR count). The number of methoxy groups -OCH3 is 1. The molecule has 0 saturated carbocycles. The first-order valence-corrected chi connectivity index (χ1v) is 9.38. The summed E-state index contributed by atoms with van der Waals surface area (Å²) in [4.78, 5) is 20.6. The Morgan fingerprint density at radius 1 is 1.41 bits per heavy atom. The molecule has 1 aromatic carbocycles. The second kappa shape index (κ2) is 8.43. The molecule has 1 aromatic heterocycles. The van der Waals surface area contributed by atoms with E-state index in [9.17, 15) is 4.79 Å². The number of amides is 1. The number of hydrogen-bond acceptors (Lipinski definition) is 4. The van der Waals surface area contributed by atoms with Crippen molar-refractivity contribution in [1.29, 1.82) is 0 Å². The van der Waals surface area contributed by atoms with E-state index in [1.165, 1.54) is 0 Å². The van der Waals surface area contributed by atoms with Crippen LogP contribution in [0.3, 0.4) is 0 Å². The van der Waals surface area contributed by atoms with E-state index in [2.05, 4.69) is 31.3 Å². The van der Waals surface area contributed by atoms with Gasteiger partial charge in [-0.25, -0.2) is 0 Å². The minimum atomic E-state index is 0.0252. The molecule has 0 atom stereocenters. The van der Waals surface area contributed by atoms with Gasteiger partial charge in [-0.15, -0.1) is 0 Å². The maximum atomic E-state index is 12.6. The van der Waals surface area contributed by atoms with Crippen LogP contribution in [0.4, 0.5) is 5.69 Å². The van der Waals surface area contributed by atoms with Crippen molar-refractivity contribution in [3.8, 4) is 5.75 Å². The van der Waals surface area contributed by atoms with Crippen molar-refractivity contribution in [2.24, 2.45) is 12.0 Å². The normalized spacial score (nSPS) is 15.3. The number of nitrogens with one attached hydrogen (secondary N) is 1. The lowest BCUT2D eigenvalue weighted by Gasteiger charge is -2.35. The van der Waals surface area contributed by atoms with Gasteiger partial charge in [0.15, 0.2) is 5.96 Å². The lowest BCUT2D eigenvalue weighted by atomic mass is 10.2.